The van der Waals surface area contributed by atoms with Crippen LogP contribution in [0.2, 0.25) is 10.0 Å². The summed E-state index contributed by atoms with van der Waals surface area (Å²) in [5, 5.41) is 0.884. The molecule has 0 saturated heterocycles. The molecule has 0 atom stereocenters. The number of carbonyl (C=O) groups is 1. The minimum atomic E-state index is -0.104. The van der Waals surface area contributed by atoms with Gasteiger partial charge in [-0.2, -0.15) is 0 Å². The molecule has 110 valence electrons. The predicted molar refractivity (Wildman–Crippen MR) is 89.8 cm³/mol. The van der Waals surface area contributed by atoms with Crippen molar-refractivity contribution in [3.8, 4) is 5.75 Å². The van der Waals surface area contributed by atoms with E-state index in [2.05, 4.69) is 22.9 Å². The Morgan fingerprint density at radius 1 is 1.14 bits per heavy atom. The van der Waals surface area contributed by atoms with E-state index in [1.54, 1.807) is 24.3 Å². The molecule has 0 amide bonds. The van der Waals surface area contributed by atoms with Gasteiger partial charge < -0.3 is 4.74 Å². The Bertz CT molecular complexity index is 654. The first-order chi connectivity index (χ1) is 10.0. The first kappa shape index (κ1) is 16.3. The topological polar surface area (TPSA) is 26.3 Å². The number of benzene rings is 2. The molecule has 0 aliphatic rings. The molecule has 0 saturated carbocycles. The number of aryl methyl sites for hydroxylation is 1. The van der Waals surface area contributed by atoms with Gasteiger partial charge in [0.1, 0.15) is 5.75 Å². The Kier molecular flexibility index (Phi) is 5.68. The van der Waals surface area contributed by atoms with Gasteiger partial charge in [0.15, 0.2) is 12.4 Å². The molecule has 0 heterocycles. The number of carbonyl (C=O) groups excluding carboxylic acids is 1. The van der Waals surface area contributed by atoms with Crippen LogP contribution in [0.3, 0.4) is 0 Å². The SMILES string of the molecule is CCc1ccc(C(=O)COc2cc(Cl)c(Br)cc2Cl)cc1. The number of Topliss-reactive ketones (excluding diaryl/α,β-unsaturated/α-hetero) is 1. The van der Waals surface area contributed by atoms with Gasteiger partial charge in [-0.05, 0) is 34.0 Å². The van der Waals surface area contributed by atoms with Gasteiger partial charge in [0, 0.05) is 16.1 Å². The summed E-state index contributed by atoms with van der Waals surface area (Å²) >= 11 is 15.3. The molecule has 0 radical (unpaired) electrons. The average molecular weight is 388 g/mol. The molecule has 21 heavy (non-hydrogen) atoms. The predicted octanol–water partition coefficient (Wildman–Crippen LogP) is 5.58. The quantitative estimate of drug-likeness (QED) is 0.494. The lowest BCUT2D eigenvalue weighted by Gasteiger charge is -2.09. The van der Waals surface area contributed by atoms with Crippen molar-refractivity contribution in [2.24, 2.45) is 0 Å². The van der Waals surface area contributed by atoms with Crippen molar-refractivity contribution in [3.05, 3.63) is 62.0 Å². The van der Waals surface area contributed by atoms with E-state index in [0.717, 1.165) is 6.42 Å². The van der Waals surface area contributed by atoms with Crippen LogP contribution in [-0.2, 0) is 6.42 Å². The van der Waals surface area contributed by atoms with Gasteiger partial charge in [-0.1, -0.05) is 54.4 Å². The molecule has 0 unspecified atom stereocenters. The highest BCUT2D eigenvalue weighted by atomic mass is 79.9. The Morgan fingerprint density at radius 3 is 2.43 bits per heavy atom. The zero-order valence-electron chi connectivity index (χ0n) is 11.3. The first-order valence-electron chi connectivity index (χ1n) is 6.40. The Labute approximate surface area is 142 Å². The van der Waals surface area contributed by atoms with Gasteiger partial charge in [-0.3, -0.25) is 4.79 Å². The van der Waals surface area contributed by atoms with E-state index < -0.39 is 0 Å². The van der Waals surface area contributed by atoms with Crippen LogP contribution in [0, 0.1) is 0 Å². The fourth-order valence-corrected chi connectivity index (χ4v) is 2.61. The van der Waals surface area contributed by atoms with Gasteiger partial charge in [0.25, 0.3) is 0 Å². The minimum absolute atomic E-state index is 0.0802. The highest BCUT2D eigenvalue weighted by Crippen LogP contribution is 2.34. The largest absolute Gasteiger partial charge is 0.484 e. The smallest absolute Gasteiger partial charge is 0.200 e. The van der Waals surface area contributed by atoms with Crippen LogP contribution in [0.25, 0.3) is 0 Å². The van der Waals surface area contributed by atoms with Crippen LogP contribution < -0.4 is 4.74 Å². The van der Waals surface area contributed by atoms with Crippen molar-refractivity contribution in [3.63, 3.8) is 0 Å². The van der Waals surface area contributed by atoms with E-state index in [9.17, 15) is 4.79 Å². The molecule has 2 aromatic rings. The highest BCUT2D eigenvalue weighted by Gasteiger charge is 2.11. The molecule has 0 fully saturated rings. The lowest BCUT2D eigenvalue weighted by molar-refractivity contribution is 0.0921. The van der Waals surface area contributed by atoms with Crippen molar-refractivity contribution >= 4 is 44.9 Å². The average Bonchev–Trinajstić information content (AvgIpc) is 2.49. The molecule has 2 nitrogen and oxygen atoms in total. The number of hydrogen-bond acceptors (Lipinski definition) is 2. The van der Waals surface area contributed by atoms with Crippen LogP contribution in [-0.4, -0.2) is 12.4 Å². The standard InChI is InChI=1S/C16H13BrCl2O2/c1-2-10-3-5-11(6-4-10)15(20)9-21-16-8-13(18)12(17)7-14(16)19/h3-8H,2,9H2,1H3. The second kappa shape index (κ2) is 7.30. The van der Waals surface area contributed by atoms with Gasteiger partial charge >= 0.3 is 0 Å². The van der Waals surface area contributed by atoms with Gasteiger partial charge in [0.05, 0.1) is 10.0 Å². The lowest BCUT2D eigenvalue weighted by Crippen LogP contribution is -2.11. The van der Waals surface area contributed by atoms with Crippen molar-refractivity contribution in [2.75, 3.05) is 6.61 Å². The van der Waals surface area contributed by atoms with E-state index in [1.165, 1.54) is 5.56 Å². The summed E-state index contributed by atoms with van der Waals surface area (Å²) < 4.78 is 6.14. The molecule has 0 spiro atoms. The first-order valence-corrected chi connectivity index (χ1v) is 7.95. The van der Waals surface area contributed by atoms with Gasteiger partial charge in [-0.15, -0.1) is 0 Å². The Hall–Kier alpha value is -1.03. The molecule has 0 aliphatic heterocycles. The van der Waals surface area contributed by atoms with Crippen molar-refractivity contribution in [1.29, 1.82) is 0 Å². The summed E-state index contributed by atoms with van der Waals surface area (Å²) in [5.41, 5.74) is 1.81. The highest BCUT2D eigenvalue weighted by molar-refractivity contribution is 9.10. The number of ether oxygens (including phenoxy) is 1. The van der Waals surface area contributed by atoms with Crippen LogP contribution in [0.4, 0.5) is 0 Å². The maximum Gasteiger partial charge on any atom is 0.200 e. The van der Waals surface area contributed by atoms with Crippen LogP contribution >= 0.6 is 39.1 Å². The molecule has 0 N–H and O–H groups in total. The molecule has 0 bridgehead atoms. The van der Waals surface area contributed by atoms with E-state index in [0.29, 0.717) is 25.8 Å². The van der Waals surface area contributed by atoms with Crippen molar-refractivity contribution < 1.29 is 9.53 Å². The van der Waals surface area contributed by atoms with E-state index in [-0.39, 0.29) is 12.4 Å². The van der Waals surface area contributed by atoms with Crippen LogP contribution in [0.1, 0.15) is 22.8 Å². The van der Waals surface area contributed by atoms with Crippen molar-refractivity contribution in [2.45, 2.75) is 13.3 Å². The number of rotatable bonds is 5. The van der Waals surface area contributed by atoms with Gasteiger partial charge in [-0.25, -0.2) is 0 Å². The van der Waals surface area contributed by atoms with Crippen LogP contribution in [0.15, 0.2) is 40.9 Å². The van der Waals surface area contributed by atoms with E-state index >= 15 is 0 Å². The normalized spacial score (nSPS) is 10.5. The van der Waals surface area contributed by atoms with Crippen molar-refractivity contribution in [1.82, 2.24) is 0 Å². The summed E-state index contributed by atoms with van der Waals surface area (Å²) in [4.78, 5) is 12.1. The summed E-state index contributed by atoms with van der Waals surface area (Å²) in [6.07, 6.45) is 0.942. The maximum absolute atomic E-state index is 12.1. The second-order valence-corrected chi connectivity index (χ2v) is 6.13. The molecule has 0 aliphatic carbocycles. The van der Waals surface area contributed by atoms with Crippen LogP contribution in [0.5, 0.6) is 5.75 Å². The maximum atomic E-state index is 12.1. The summed E-state index contributed by atoms with van der Waals surface area (Å²) in [7, 11) is 0. The molecule has 0 aromatic heterocycles. The fraction of sp³-hybridized carbons (Fsp3) is 0.188. The zero-order chi connectivity index (χ0) is 15.4. The third-order valence-corrected chi connectivity index (χ3v) is 4.51. The van der Waals surface area contributed by atoms with E-state index in [4.69, 9.17) is 27.9 Å². The third-order valence-electron chi connectivity index (χ3n) is 3.02. The molecule has 2 aromatic carbocycles. The zero-order valence-corrected chi connectivity index (χ0v) is 14.4. The second-order valence-electron chi connectivity index (χ2n) is 4.46. The lowest BCUT2D eigenvalue weighted by atomic mass is 10.1. The van der Waals surface area contributed by atoms with E-state index in [1.807, 2.05) is 12.1 Å². The molecule has 5 heteroatoms. The monoisotopic (exact) mass is 386 g/mol. The molecular weight excluding hydrogens is 375 g/mol. The number of halogens is 3. The minimum Gasteiger partial charge on any atom is -0.484 e. The Morgan fingerprint density at radius 2 is 1.81 bits per heavy atom. The molecule has 2 rings (SSSR count). The Balaban J connectivity index is 2.05. The summed E-state index contributed by atoms with van der Waals surface area (Å²) in [6.45, 7) is 1.99. The summed E-state index contributed by atoms with van der Waals surface area (Å²) in [5.74, 6) is 0.288. The fourth-order valence-electron chi connectivity index (χ4n) is 1.77. The molecular formula is C16H13BrCl2O2. The van der Waals surface area contributed by atoms with Gasteiger partial charge in [0.2, 0.25) is 0 Å². The number of hydrogen-bond donors (Lipinski definition) is 0. The summed E-state index contributed by atoms with van der Waals surface area (Å²) in [6, 6.07) is 10.7. The number of ketones is 1. The third kappa shape index (κ3) is 4.22.